The highest BCUT2D eigenvalue weighted by Gasteiger charge is 2.28. The number of furan rings is 1. The van der Waals surface area contributed by atoms with Crippen LogP contribution < -0.4 is 11.0 Å². The highest BCUT2D eigenvalue weighted by molar-refractivity contribution is 6.33. The Morgan fingerprint density at radius 1 is 1.45 bits per heavy atom. The van der Waals surface area contributed by atoms with Gasteiger partial charge in [-0.3, -0.25) is 4.79 Å². The fourth-order valence-electron chi connectivity index (χ4n) is 2.85. The first-order chi connectivity index (χ1) is 9.61. The van der Waals surface area contributed by atoms with Crippen molar-refractivity contribution < 1.29 is 4.42 Å². The van der Waals surface area contributed by atoms with E-state index in [2.05, 4.69) is 21.9 Å². The second kappa shape index (κ2) is 3.96. The van der Waals surface area contributed by atoms with Crippen molar-refractivity contribution in [3.05, 3.63) is 34.4 Å². The van der Waals surface area contributed by atoms with Crippen LogP contribution in [-0.2, 0) is 0 Å². The summed E-state index contributed by atoms with van der Waals surface area (Å²) in [5.74, 6) is 1.08. The highest BCUT2D eigenvalue weighted by atomic mass is 16.3. The van der Waals surface area contributed by atoms with E-state index in [4.69, 9.17) is 4.42 Å². The maximum atomic E-state index is 12.2. The molecule has 0 unspecified atom stereocenters. The van der Waals surface area contributed by atoms with E-state index < -0.39 is 0 Å². The average molecular weight is 267 g/mol. The Morgan fingerprint density at radius 3 is 3.00 bits per heavy atom. The van der Waals surface area contributed by atoms with Crippen LogP contribution in [0.4, 0.5) is 0 Å². The molecule has 1 aliphatic rings. The van der Waals surface area contributed by atoms with Gasteiger partial charge in [0.15, 0.2) is 0 Å². The van der Waals surface area contributed by atoms with E-state index in [0.29, 0.717) is 22.6 Å². The Labute approximate surface area is 116 Å². The van der Waals surface area contributed by atoms with Gasteiger partial charge in [0, 0.05) is 24.4 Å². The minimum Gasteiger partial charge on any atom is -0.449 e. The topological polar surface area (TPSA) is 62.1 Å². The Hall–Kier alpha value is -2.08. The highest BCUT2D eigenvalue weighted by Crippen LogP contribution is 2.27. The Bertz CT molecular complexity index is 877. The van der Waals surface area contributed by atoms with Crippen LogP contribution in [0.3, 0.4) is 0 Å². The summed E-state index contributed by atoms with van der Waals surface area (Å²) in [5, 5.41) is 0.917. The molecule has 5 nitrogen and oxygen atoms in total. The number of rotatable bonds is 1. The number of hydrogen-bond acceptors (Lipinski definition) is 4. The van der Waals surface area contributed by atoms with E-state index in [9.17, 15) is 4.79 Å². The summed E-state index contributed by atoms with van der Waals surface area (Å²) in [7, 11) is 4.08. The molecular weight excluding hydrogens is 253 g/mol. The Kier molecular flexibility index (Phi) is 2.32. The van der Waals surface area contributed by atoms with E-state index in [1.807, 2.05) is 26.0 Å². The monoisotopic (exact) mass is 267 g/mol. The molecule has 0 aliphatic carbocycles. The zero-order valence-corrected chi connectivity index (χ0v) is 11.4. The molecule has 4 rings (SSSR count). The van der Waals surface area contributed by atoms with Gasteiger partial charge >= 0.3 is 0 Å². The number of hydrogen-bond donors (Lipinski definition) is 1. The molecule has 1 aliphatic heterocycles. The van der Waals surface area contributed by atoms with Crippen LogP contribution in [-0.4, -0.2) is 42.9 Å². The third-order valence-corrected chi connectivity index (χ3v) is 3.95. The molecule has 0 amide bonds. The molecule has 3 aromatic rings. The predicted molar refractivity (Wildman–Crippen MR) is 80.6 cm³/mol. The van der Waals surface area contributed by atoms with E-state index in [1.54, 1.807) is 0 Å². The van der Waals surface area contributed by atoms with Gasteiger partial charge in [0.2, 0.25) is 5.58 Å². The zero-order valence-electron chi connectivity index (χ0n) is 11.4. The van der Waals surface area contributed by atoms with Crippen molar-refractivity contribution in [1.29, 1.82) is 0 Å². The van der Waals surface area contributed by atoms with Gasteiger partial charge in [0.25, 0.3) is 5.56 Å². The fraction of sp³-hybridized carbons (Fsp3) is 0.286. The molecule has 1 saturated heterocycles. The first-order valence-electron chi connectivity index (χ1n) is 6.73. The van der Waals surface area contributed by atoms with Crippen molar-refractivity contribution in [2.24, 2.45) is 0 Å². The van der Waals surface area contributed by atoms with Gasteiger partial charge in [-0.15, -0.1) is 0 Å². The lowest BCUT2D eigenvalue weighted by atomic mass is 9.95. The molecule has 100 valence electrons. The number of nitrogens with zero attached hydrogens (tertiary/aromatic N) is 2. The molecule has 1 aromatic carbocycles. The van der Waals surface area contributed by atoms with Crippen molar-refractivity contribution >= 4 is 35.4 Å². The van der Waals surface area contributed by atoms with Crippen LogP contribution in [0, 0.1) is 0 Å². The lowest BCUT2D eigenvalue weighted by Gasteiger charge is -2.35. The summed E-state index contributed by atoms with van der Waals surface area (Å²) in [5.41, 5.74) is 2.66. The SMILES string of the molecule is Bc1ccc2oc3c(=O)[nH]c(C4CN(C)C4)nc3c2c1. The maximum Gasteiger partial charge on any atom is 0.294 e. The Morgan fingerprint density at radius 2 is 2.25 bits per heavy atom. The number of aromatic nitrogens is 2. The number of likely N-dealkylation sites (tertiary alicyclic amines) is 1. The van der Waals surface area contributed by atoms with Gasteiger partial charge in [-0.25, -0.2) is 4.98 Å². The van der Waals surface area contributed by atoms with Crippen molar-refractivity contribution in [2.75, 3.05) is 20.1 Å². The molecule has 1 N–H and O–H groups in total. The quantitative estimate of drug-likeness (QED) is 0.628. The smallest absolute Gasteiger partial charge is 0.294 e. The summed E-state index contributed by atoms with van der Waals surface area (Å²) < 4.78 is 5.63. The van der Waals surface area contributed by atoms with E-state index in [0.717, 1.165) is 29.8 Å². The standard InChI is InChI=1S/C14H14BN3O2/c1-18-5-7(6-18)13-16-11-9-4-8(15)2-3-10(9)20-12(11)14(19)17-13/h2-4,7H,5-6,15H2,1H3,(H,16,17,19). The third kappa shape index (κ3) is 1.61. The molecule has 0 radical (unpaired) electrons. The third-order valence-electron chi connectivity index (χ3n) is 3.95. The van der Waals surface area contributed by atoms with E-state index in [1.165, 1.54) is 0 Å². The summed E-state index contributed by atoms with van der Waals surface area (Å²) in [6, 6.07) is 5.88. The zero-order chi connectivity index (χ0) is 13.9. The van der Waals surface area contributed by atoms with Crippen LogP contribution in [0.5, 0.6) is 0 Å². The lowest BCUT2D eigenvalue weighted by Crippen LogP contribution is -2.43. The minimum absolute atomic E-state index is 0.187. The number of likely N-dealkylation sites (N-methyl/N-ethyl adjacent to an activating group) is 1. The van der Waals surface area contributed by atoms with Gasteiger partial charge < -0.3 is 14.3 Å². The molecule has 0 saturated carbocycles. The summed E-state index contributed by atoms with van der Waals surface area (Å²) >= 11 is 0. The Balaban J connectivity index is 1.99. The van der Waals surface area contributed by atoms with Crippen LogP contribution >= 0.6 is 0 Å². The largest absolute Gasteiger partial charge is 0.449 e. The molecule has 3 heterocycles. The van der Waals surface area contributed by atoms with Crippen LogP contribution in [0.2, 0.25) is 0 Å². The first-order valence-corrected chi connectivity index (χ1v) is 6.73. The average Bonchev–Trinajstić information content (AvgIpc) is 2.74. The fourth-order valence-corrected chi connectivity index (χ4v) is 2.85. The molecule has 20 heavy (non-hydrogen) atoms. The lowest BCUT2D eigenvalue weighted by molar-refractivity contribution is 0.183. The molecule has 0 atom stereocenters. The first kappa shape index (κ1) is 11.7. The predicted octanol–water partition coefficient (Wildman–Crippen LogP) is -0.0433. The molecular formula is C14H14BN3O2. The van der Waals surface area contributed by atoms with Crippen LogP contribution in [0.1, 0.15) is 11.7 Å². The summed E-state index contributed by atoms with van der Waals surface area (Å²) in [4.78, 5) is 21.9. The maximum absolute atomic E-state index is 12.2. The van der Waals surface area contributed by atoms with Gasteiger partial charge in [-0.2, -0.15) is 0 Å². The molecule has 0 spiro atoms. The van der Waals surface area contributed by atoms with Gasteiger partial charge in [-0.05, 0) is 13.1 Å². The molecule has 1 fully saturated rings. The van der Waals surface area contributed by atoms with E-state index >= 15 is 0 Å². The summed E-state index contributed by atoms with van der Waals surface area (Å²) in [6.07, 6.45) is 0. The second-order valence-electron chi connectivity index (χ2n) is 5.65. The van der Waals surface area contributed by atoms with Gasteiger partial charge in [0.05, 0.1) is 0 Å². The van der Waals surface area contributed by atoms with Gasteiger partial charge in [0.1, 0.15) is 24.8 Å². The second-order valence-corrected chi connectivity index (χ2v) is 5.65. The molecule has 6 heteroatoms. The van der Waals surface area contributed by atoms with E-state index in [-0.39, 0.29) is 5.56 Å². The van der Waals surface area contributed by atoms with Crippen LogP contribution in [0.25, 0.3) is 22.1 Å². The van der Waals surface area contributed by atoms with Crippen molar-refractivity contribution in [2.45, 2.75) is 5.92 Å². The number of fused-ring (bicyclic) bond motifs is 3. The normalized spacial score (nSPS) is 16.9. The minimum atomic E-state index is -0.187. The number of H-pyrrole nitrogens is 1. The number of nitrogens with one attached hydrogen (secondary N) is 1. The molecule has 2 aromatic heterocycles. The van der Waals surface area contributed by atoms with Crippen LogP contribution in [0.15, 0.2) is 27.4 Å². The molecule has 0 bridgehead atoms. The number of benzene rings is 1. The number of aromatic amines is 1. The van der Waals surface area contributed by atoms with Gasteiger partial charge in [-0.1, -0.05) is 17.6 Å². The van der Waals surface area contributed by atoms with Crippen molar-refractivity contribution in [1.82, 2.24) is 14.9 Å². The van der Waals surface area contributed by atoms with Crippen molar-refractivity contribution in [3.63, 3.8) is 0 Å². The summed E-state index contributed by atoms with van der Waals surface area (Å²) in [6.45, 7) is 1.87. The van der Waals surface area contributed by atoms with Crippen molar-refractivity contribution in [3.8, 4) is 0 Å².